The fourth-order valence-corrected chi connectivity index (χ4v) is 2.76. The molecule has 98 valence electrons. The largest absolute Gasteiger partial charge is 0.376 e. The summed E-state index contributed by atoms with van der Waals surface area (Å²) in [5.41, 5.74) is 3.98. The molecule has 1 atom stereocenters. The number of aryl methyl sites for hydroxylation is 1. The standard InChI is InChI=1S/C15H20BrNO/c1-11(2)10-18-8-7-17-15-6-3-12-9-13(16)4-5-14(12)15/h4-5,9,15,17H,1,3,6-8,10H2,2H3. The maximum absolute atomic E-state index is 5.49. The molecule has 0 saturated carbocycles. The van der Waals surface area contributed by atoms with E-state index >= 15 is 0 Å². The Morgan fingerprint density at radius 3 is 3.17 bits per heavy atom. The van der Waals surface area contributed by atoms with Crippen molar-refractivity contribution in [3.63, 3.8) is 0 Å². The molecule has 0 heterocycles. The molecule has 1 aliphatic carbocycles. The number of rotatable bonds is 6. The van der Waals surface area contributed by atoms with E-state index in [-0.39, 0.29) is 0 Å². The van der Waals surface area contributed by atoms with Gasteiger partial charge in [-0.15, -0.1) is 0 Å². The second-order valence-electron chi connectivity index (χ2n) is 4.90. The summed E-state index contributed by atoms with van der Waals surface area (Å²) in [4.78, 5) is 0. The molecule has 1 N–H and O–H groups in total. The first-order valence-corrected chi connectivity index (χ1v) is 7.20. The van der Waals surface area contributed by atoms with Crippen LogP contribution in [0.3, 0.4) is 0 Å². The molecule has 0 amide bonds. The number of benzene rings is 1. The van der Waals surface area contributed by atoms with Gasteiger partial charge < -0.3 is 10.1 Å². The van der Waals surface area contributed by atoms with Crippen molar-refractivity contribution in [3.05, 3.63) is 46.0 Å². The molecular formula is C15H20BrNO. The molecule has 1 unspecified atom stereocenters. The molecule has 0 aliphatic heterocycles. The van der Waals surface area contributed by atoms with E-state index in [0.29, 0.717) is 12.6 Å². The third-order valence-corrected chi connectivity index (χ3v) is 3.66. The highest BCUT2D eigenvalue weighted by molar-refractivity contribution is 9.10. The smallest absolute Gasteiger partial charge is 0.0672 e. The third kappa shape index (κ3) is 3.67. The Balaban J connectivity index is 1.78. The maximum Gasteiger partial charge on any atom is 0.0672 e. The minimum atomic E-state index is 0.488. The quantitative estimate of drug-likeness (QED) is 0.640. The van der Waals surface area contributed by atoms with Gasteiger partial charge in [0.2, 0.25) is 0 Å². The Labute approximate surface area is 118 Å². The van der Waals surface area contributed by atoms with Crippen molar-refractivity contribution in [2.45, 2.75) is 25.8 Å². The topological polar surface area (TPSA) is 21.3 Å². The van der Waals surface area contributed by atoms with E-state index in [1.54, 1.807) is 0 Å². The van der Waals surface area contributed by atoms with Crippen molar-refractivity contribution < 1.29 is 4.74 Å². The van der Waals surface area contributed by atoms with E-state index in [1.165, 1.54) is 28.4 Å². The Bertz CT molecular complexity index is 431. The van der Waals surface area contributed by atoms with Crippen molar-refractivity contribution in [1.29, 1.82) is 0 Å². The molecule has 0 spiro atoms. The fraction of sp³-hybridized carbons (Fsp3) is 0.467. The average Bonchev–Trinajstić information content (AvgIpc) is 2.70. The molecule has 1 aromatic carbocycles. The predicted molar refractivity (Wildman–Crippen MR) is 78.8 cm³/mol. The minimum Gasteiger partial charge on any atom is -0.376 e. The molecule has 3 heteroatoms. The van der Waals surface area contributed by atoms with Crippen LogP contribution < -0.4 is 5.32 Å². The highest BCUT2D eigenvalue weighted by Gasteiger charge is 2.21. The molecule has 2 rings (SSSR count). The Morgan fingerprint density at radius 1 is 1.56 bits per heavy atom. The van der Waals surface area contributed by atoms with E-state index < -0.39 is 0 Å². The van der Waals surface area contributed by atoms with Crippen molar-refractivity contribution >= 4 is 15.9 Å². The van der Waals surface area contributed by atoms with E-state index in [2.05, 4.69) is 46.0 Å². The summed E-state index contributed by atoms with van der Waals surface area (Å²) in [7, 11) is 0. The third-order valence-electron chi connectivity index (χ3n) is 3.17. The average molecular weight is 310 g/mol. The molecule has 0 aromatic heterocycles. The minimum absolute atomic E-state index is 0.488. The molecule has 0 radical (unpaired) electrons. The zero-order valence-electron chi connectivity index (χ0n) is 10.8. The van der Waals surface area contributed by atoms with Crippen LogP contribution in [0.25, 0.3) is 0 Å². The highest BCUT2D eigenvalue weighted by atomic mass is 79.9. The molecule has 0 bridgehead atoms. The van der Waals surface area contributed by atoms with Gasteiger partial charge in [0, 0.05) is 17.1 Å². The summed E-state index contributed by atoms with van der Waals surface area (Å²) in [6, 6.07) is 7.06. The Hall–Kier alpha value is -0.640. The second kappa shape index (κ2) is 6.50. The van der Waals surface area contributed by atoms with Crippen LogP contribution in [0.4, 0.5) is 0 Å². The van der Waals surface area contributed by atoms with Crippen molar-refractivity contribution in [2.75, 3.05) is 19.8 Å². The highest BCUT2D eigenvalue weighted by Crippen LogP contribution is 2.32. The van der Waals surface area contributed by atoms with Gasteiger partial charge in [0.25, 0.3) is 0 Å². The zero-order valence-corrected chi connectivity index (χ0v) is 12.4. The Morgan fingerprint density at radius 2 is 2.39 bits per heavy atom. The normalized spacial score (nSPS) is 17.8. The second-order valence-corrected chi connectivity index (χ2v) is 5.81. The van der Waals surface area contributed by atoms with Crippen LogP contribution in [-0.2, 0) is 11.2 Å². The molecule has 18 heavy (non-hydrogen) atoms. The summed E-state index contributed by atoms with van der Waals surface area (Å²) in [5.74, 6) is 0. The first kappa shape index (κ1) is 13.8. The summed E-state index contributed by atoms with van der Waals surface area (Å²) in [6.07, 6.45) is 2.35. The van der Waals surface area contributed by atoms with E-state index in [4.69, 9.17) is 4.74 Å². The molecule has 1 aliphatic rings. The number of hydrogen-bond donors (Lipinski definition) is 1. The molecule has 2 nitrogen and oxygen atoms in total. The SMILES string of the molecule is C=C(C)COCCNC1CCc2cc(Br)ccc21. The van der Waals surface area contributed by atoms with E-state index in [0.717, 1.165) is 18.7 Å². The number of halogens is 1. The van der Waals surface area contributed by atoms with Gasteiger partial charge in [-0.1, -0.05) is 34.1 Å². The van der Waals surface area contributed by atoms with Gasteiger partial charge in [0.05, 0.1) is 13.2 Å². The fourth-order valence-electron chi connectivity index (χ4n) is 2.35. The van der Waals surface area contributed by atoms with Crippen molar-refractivity contribution in [2.24, 2.45) is 0 Å². The Kier molecular flexibility index (Phi) is 4.98. The number of nitrogens with one attached hydrogen (secondary N) is 1. The summed E-state index contributed by atoms with van der Waals surface area (Å²) < 4.78 is 6.67. The van der Waals surface area contributed by atoms with Crippen LogP contribution >= 0.6 is 15.9 Å². The lowest BCUT2D eigenvalue weighted by Crippen LogP contribution is -2.24. The van der Waals surface area contributed by atoms with Crippen LogP contribution in [0, 0.1) is 0 Å². The van der Waals surface area contributed by atoms with E-state index in [9.17, 15) is 0 Å². The molecule has 1 aromatic rings. The monoisotopic (exact) mass is 309 g/mol. The lowest BCUT2D eigenvalue weighted by Gasteiger charge is -2.14. The number of ether oxygens (including phenoxy) is 1. The first-order chi connectivity index (χ1) is 8.66. The van der Waals surface area contributed by atoms with Gasteiger partial charge >= 0.3 is 0 Å². The van der Waals surface area contributed by atoms with Gasteiger partial charge in [-0.3, -0.25) is 0 Å². The van der Waals surface area contributed by atoms with Crippen LogP contribution in [0.15, 0.2) is 34.8 Å². The van der Waals surface area contributed by atoms with Gasteiger partial charge in [0.15, 0.2) is 0 Å². The lowest BCUT2D eigenvalue weighted by molar-refractivity contribution is 0.155. The van der Waals surface area contributed by atoms with Gasteiger partial charge in [-0.2, -0.15) is 0 Å². The van der Waals surface area contributed by atoms with Gasteiger partial charge in [-0.05, 0) is 43.0 Å². The zero-order chi connectivity index (χ0) is 13.0. The first-order valence-electron chi connectivity index (χ1n) is 6.40. The summed E-state index contributed by atoms with van der Waals surface area (Å²) >= 11 is 3.52. The summed E-state index contributed by atoms with van der Waals surface area (Å²) in [5, 5.41) is 3.56. The maximum atomic E-state index is 5.49. The molecule has 0 fully saturated rings. The predicted octanol–water partition coefficient (Wildman–Crippen LogP) is 3.62. The van der Waals surface area contributed by atoms with Crippen LogP contribution in [0.2, 0.25) is 0 Å². The summed E-state index contributed by atoms with van der Waals surface area (Å²) in [6.45, 7) is 8.11. The van der Waals surface area contributed by atoms with Gasteiger partial charge in [0.1, 0.15) is 0 Å². The molecule has 0 saturated heterocycles. The van der Waals surface area contributed by atoms with Gasteiger partial charge in [-0.25, -0.2) is 0 Å². The van der Waals surface area contributed by atoms with Crippen LogP contribution in [0.5, 0.6) is 0 Å². The van der Waals surface area contributed by atoms with Crippen molar-refractivity contribution in [1.82, 2.24) is 5.32 Å². The lowest BCUT2D eigenvalue weighted by atomic mass is 10.1. The number of hydrogen-bond acceptors (Lipinski definition) is 2. The number of fused-ring (bicyclic) bond motifs is 1. The molecular weight excluding hydrogens is 290 g/mol. The van der Waals surface area contributed by atoms with Crippen LogP contribution in [0.1, 0.15) is 30.5 Å². The van der Waals surface area contributed by atoms with E-state index in [1.807, 2.05) is 6.92 Å². The van der Waals surface area contributed by atoms with Crippen molar-refractivity contribution in [3.8, 4) is 0 Å². The van der Waals surface area contributed by atoms with Crippen LogP contribution in [-0.4, -0.2) is 19.8 Å².